The number of benzene rings is 1. The lowest BCUT2D eigenvalue weighted by atomic mass is 10.1. The normalized spacial score (nSPS) is 18.5. The molecule has 3 heterocycles. The van der Waals surface area contributed by atoms with Gasteiger partial charge in [-0.2, -0.15) is 5.10 Å². The molecule has 0 saturated heterocycles. The van der Waals surface area contributed by atoms with Crippen LogP contribution in [0, 0.1) is 12.1 Å². The molecule has 1 aliphatic carbocycles. The van der Waals surface area contributed by atoms with E-state index >= 15 is 0 Å². The number of nitrogens with one attached hydrogen (secondary N) is 4. The number of nitrogens with zero attached hydrogens (tertiary/aromatic N) is 5. The highest BCUT2D eigenvalue weighted by Gasteiger charge is 2.44. The second-order valence-corrected chi connectivity index (χ2v) is 7.68. The van der Waals surface area contributed by atoms with Gasteiger partial charge in [0, 0.05) is 19.5 Å². The van der Waals surface area contributed by atoms with Crippen LogP contribution in [0.15, 0.2) is 30.6 Å². The van der Waals surface area contributed by atoms with E-state index in [-0.39, 0.29) is 17.4 Å². The number of fused-ring (bicyclic) bond motifs is 1. The lowest BCUT2D eigenvalue weighted by molar-refractivity contribution is -0.837. The number of hydrogen-bond donors (Lipinski definition) is 4. The Hall–Kier alpha value is -3.77. The number of rotatable bonds is 7. The maximum Gasteiger partial charge on any atom is 0.184 e. The number of hydrogen-bond acceptors (Lipinski definition) is 8. The molecule has 4 N–H and O–H groups in total. The van der Waals surface area contributed by atoms with Crippen molar-refractivity contribution in [3.05, 3.63) is 41.6 Å². The maximum atomic E-state index is 13.3. The minimum absolute atomic E-state index is 0.242. The van der Waals surface area contributed by atoms with Crippen molar-refractivity contribution in [3.63, 3.8) is 0 Å². The van der Waals surface area contributed by atoms with Crippen LogP contribution in [-0.4, -0.2) is 49.0 Å². The average molecular weight is 439 g/mol. The highest BCUT2D eigenvalue weighted by Crippen LogP contribution is 2.37. The molecule has 166 valence electrons. The van der Waals surface area contributed by atoms with Gasteiger partial charge in [-0.25, -0.2) is 24.8 Å². The number of anilines is 3. The maximum absolute atomic E-state index is 13.3. The van der Waals surface area contributed by atoms with Crippen LogP contribution < -0.4 is 20.7 Å². The van der Waals surface area contributed by atoms with Crippen LogP contribution in [-0.2, 0) is 7.05 Å². The van der Waals surface area contributed by atoms with E-state index in [1.165, 1.54) is 0 Å². The molecular weight excluding hydrogens is 417 g/mol. The highest BCUT2D eigenvalue weighted by atomic mass is 19.1. The van der Waals surface area contributed by atoms with Gasteiger partial charge in [-0.15, -0.1) is 0 Å². The van der Waals surface area contributed by atoms with E-state index in [0.717, 1.165) is 5.56 Å². The number of aromatic nitrogens is 6. The number of ether oxygens (including phenoxy) is 1. The van der Waals surface area contributed by atoms with Crippen molar-refractivity contribution < 1.29 is 14.3 Å². The number of aromatic amines is 1. The fourth-order valence-electron chi connectivity index (χ4n) is 3.56. The Morgan fingerprint density at radius 3 is 2.81 bits per heavy atom. The number of methoxy groups -OCH3 is 1. The summed E-state index contributed by atoms with van der Waals surface area (Å²) in [7, 11) is 3.37. The second kappa shape index (κ2) is 7.73. The van der Waals surface area contributed by atoms with Crippen LogP contribution in [0.2, 0.25) is 0 Å². The summed E-state index contributed by atoms with van der Waals surface area (Å²) in [5.41, 5.74) is 5.80. The molecule has 2 unspecified atom stereocenters. The van der Waals surface area contributed by atoms with E-state index in [9.17, 15) is 9.60 Å². The van der Waals surface area contributed by atoms with Gasteiger partial charge < -0.3 is 20.2 Å². The molecule has 0 aliphatic heterocycles. The fourth-order valence-corrected chi connectivity index (χ4v) is 3.56. The summed E-state index contributed by atoms with van der Waals surface area (Å²) < 4.78 is 20.6. The quantitative estimate of drug-likeness (QED) is 0.320. The monoisotopic (exact) mass is 439 g/mol. The summed E-state index contributed by atoms with van der Waals surface area (Å²) in [4.78, 5) is 16.3. The fraction of sp³-hybridized carbons (Fsp3) is 0.300. The standard InChI is InChI=1S/C20H22FN9O2/c1-10-23-17-14(8-16(26-20(17)24-10)27-30(31)15-7-12(15)21)25-13-6-4-5-11(18(13)32-3)19-22-9-29(2)28-19/h4-6,8-9,12,15,30H,7H2,1-3H3,(H3,23,24,25,26,27)/t12?,15-/m0/s1. The summed E-state index contributed by atoms with van der Waals surface area (Å²) >= 11 is 0. The van der Waals surface area contributed by atoms with Crippen molar-refractivity contribution >= 4 is 28.4 Å². The Morgan fingerprint density at radius 1 is 1.31 bits per heavy atom. The van der Waals surface area contributed by atoms with Gasteiger partial charge in [0.05, 0.1) is 24.0 Å². The van der Waals surface area contributed by atoms with Gasteiger partial charge in [-0.3, -0.25) is 9.85 Å². The molecule has 12 heteroatoms. The van der Waals surface area contributed by atoms with Crippen LogP contribution in [0.4, 0.5) is 21.6 Å². The van der Waals surface area contributed by atoms with Crippen molar-refractivity contribution in [2.75, 3.05) is 17.9 Å². The molecule has 3 aromatic heterocycles. The number of quaternary nitrogens is 1. The molecule has 11 nitrogen and oxygen atoms in total. The lowest BCUT2D eigenvalue weighted by Crippen LogP contribution is -3.12. The lowest BCUT2D eigenvalue weighted by Gasteiger charge is -2.22. The molecule has 1 aromatic carbocycles. The van der Waals surface area contributed by atoms with E-state index in [4.69, 9.17) is 4.74 Å². The van der Waals surface area contributed by atoms with Crippen LogP contribution in [0.1, 0.15) is 12.2 Å². The first-order valence-corrected chi connectivity index (χ1v) is 10.0. The van der Waals surface area contributed by atoms with E-state index in [0.29, 0.717) is 39.9 Å². The SMILES string of the molecule is COc1c(Nc2cc(N[NH+]([O-])[C@H]3CC3F)nc3nc(C)[nH]c23)cccc1-c1ncn(C)n1. The molecular formula is C20H22FN9O2. The third-order valence-corrected chi connectivity index (χ3v) is 5.21. The Balaban J connectivity index is 1.53. The van der Waals surface area contributed by atoms with Crippen molar-refractivity contribution in [3.8, 4) is 17.1 Å². The number of halogens is 1. The molecule has 0 bridgehead atoms. The van der Waals surface area contributed by atoms with Crippen molar-refractivity contribution in [2.24, 2.45) is 7.05 Å². The van der Waals surface area contributed by atoms with Crippen molar-refractivity contribution in [1.82, 2.24) is 29.7 Å². The molecule has 1 aliphatic rings. The first kappa shape index (κ1) is 20.2. The number of imidazole rings is 1. The largest absolute Gasteiger partial charge is 0.608 e. The third kappa shape index (κ3) is 3.69. The minimum Gasteiger partial charge on any atom is -0.608 e. The topological polar surface area (TPSA) is 133 Å². The molecule has 4 aromatic rings. The Morgan fingerprint density at radius 2 is 2.12 bits per heavy atom. The molecule has 5 rings (SSSR count). The number of alkyl halides is 1. The summed E-state index contributed by atoms with van der Waals surface area (Å²) in [6.45, 7) is 1.82. The first-order valence-electron chi connectivity index (χ1n) is 10.0. The number of H-pyrrole nitrogens is 1. The van der Waals surface area contributed by atoms with Crippen LogP contribution in [0.5, 0.6) is 5.75 Å². The van der Waals surface area contributed by atoms with Gasteiger partial charge in [-0.1, -0.05) is 6.07 Å². The minimum atomic E-state index is -1.09. The summed E-state index contributed by atoms with van der Waals surface area (Å²) in [5, 5.41) is 19.5. The summed E-state index contributed by atoms with van der Waals surface area (Å²) in [6.07, 6.45) is 0.772. The van der Waals surface area contributed by atoms with E-state index in [1.54, 1.807) is 31.2 Å². The van der Waals surface area contributed by atoms with Gasteiger partial charge in [0.15, 0.2) is 29.2 Å². The van der Waals surface area contributed by atoms with Gasteiger partial charge in [0.1, 0.15) is 23.7 Å². The summed E-state index contributed by atoms with van der Waals surface area (Å²) in [5.74, 6) is 2.05. The average Bonchev–Trinajstić information content (AvgIpc) is 3.14. The van der Waals surface area contributed by atoms with Gasteiger partial charge >= 0.3 is 0 Å². The van der Waals surface area contributed by atoms with Gasteiger partial charge in [0.2, 0.25) is 0 Å². The van der Waals surface area contributed by atoms with E-state index in [1.807, 2.05) is 25.1 Å². The second-order valence-electron chi connectivity index (χ2n) is 7.68. The zero-order valence-electron chi connectivity index (χ0n) is 17.7. The number of pyridine rings is 1. The smallest absolute Gasteiger partial charge is 0.184 e. The zero-order valence-corrected chi connectivity index (χ0v) is 17.7. The number of aryl methyl sites for hydroxylation is 2. The predicted octanol–water partition coefficient (Wildman–Crippen LogP) is 1.63. The highest BCUT2D eigenvalue weighted by molar-refractivity contribution is 5.91. The Kier molecular flexibility index (Phi) is 4.87. The van der Waals surface area contributed by atoms with Gasteiger partial charge in [-0.05, 0) is 19.1 Å². The van der Waals surface area contributed by atoms with E-state index in [2.05, 4.69) is 35.8 Å². The van der Waals surface area contributed by atoms with Crippen LogP contribution in [0.25, 0.3) is 22.6 Å². The molecule has 3 atom stereocenters. The third-order valence-electron chi connectivity index (χ3n) is 5.21. The van der Waals surface area contributed by atoms with Crippen LogP contribution in [0.3, 0.4) is 0 Å². The van der Waals surface area contributed by atoms with E-state index < -0.39 is 12.2 Å². The Bertz CT molecular complexity index is 1290. The number of para-hydroxylation sites is 1. The molecule has 0 amide bonds. The molecule has 1 saturated carbocycles. The molecule has 1 fully saturated rings. The predicted molar refractivity (Wildman–Crippen MR) is 116 cm³/mol. The Labute approximate surface area is 182 Å². The van der Waals surface area contributed by atoms with Crippen LogP contribution >= 0.6 is 0 Å². The zero-order chi connectivity index (χ0) is 22.4. The van der Waals surface area contributed by atoms with Crippen molar-refractivity contribution in [1.29, 1.82) is 0 Å². The number of hydroxylamine groups is 1. The van der Waals surface area contributed by atoms with Gasteiger partial charge in [0.25, 0.3) is 0 Å². The summed E-state index contributed by atoms with van der Waals surface area (Å²) in [6, 6.07) is 6.66. The molecule has 0 spiro atoms. The first-order chi connectivity index (χ1) is 15.4. The van der Waals surface area contributed by atoms with Crippen molar-refractivity contribution in [2.45, 2.75) is 25.6 Å². The molecule has 0 radical (unpaired) electrons. The molecule has 32 heavy (non-hydrogen) atoms.